The van der Waals surface area contributed by atoms with E-state index in [0.29, 0.717) is 5.96 Å². The molecule has 14 heavy (non-hydrogen) atoms. The van der Waals surface area contributed by atoms with Crippen LogP contribution < -0.4 is 11.1 Å². The number of nitrogens with zero attached hydrogens (tertiary/aromatic N) is 1. The smallest absolute Gasteiger partial charge is 0.188 e. The maximum Gasteiger partial charge on any atom is 0.188 e. The van der Waals surface area contributed by atoms with Crippen LogP contribution in [-0.4, -0.2) is 19.0 Å². The van der Waals surface area contributed by atoms with E-state index in [0.717, 1.165) is 31.8 Å². The molecule has 0 bridgehead atoms. The first-order chi connectivity index (χ1) is 6.66. The summed E-state index contributed by atoms with van der Waals surface area (Å²) in [6.07, 6.45) is 4.70. The monoisotopic (exact) mass is 199 g/mol. The van der Waals surface area contributed by atoms with Crippen molar-refractivity contribution in [1.29, 1.82) is 0 Å². The molecule has 3 heteroatoms. The fourth-order valence-electron chi connectivity index (χ4n) is 1.15. The maximum absolute atomic E-state index is 5.67. The molecule has 3 N–H and O–H groups in total. The van der Waals surface area contributed by atoms with Gasteiger partial charge in [0.1, 0.15) is 0 Å². The van der Waals surface area contributed by atoms with Gasteiger partial charge in [-0.3, -0.25) is 4.99 Å². The van der Waals surface area contributed by atoms with Crippen LogP contribution in [0.2, 0.25) is 0 Å². The van der Waals surface area contributed by atoms with Crippen molar-refractivity contribution in [3.8, 4) is 0 Å². The molecular formula is C11H25N3. The SMILES string of the molecule is CCCCNC(N)=NCCCC(C)C. The Balaban J connectivity index is 3.36. The van der Waals surface area contributed by atoms with Gasteiger partial charge < -0.3 is 11.1 Å². The van der Waals surface area contributed by atoms with Crippen molar-refractivity contribution in [1.82, 2.24) is 5.32 Å². The first-order valence-electron chi connectivity index (χ1n) is 5.70. The van der Waals surface area contributed by atoms with Crippen molar-refractivity contribution < 1.29 is 0 Å². The molecule has 0 aromatic heterocycles. The fourth-order valence-corrected chi connectivity index (χ4v) is 1.15. The molecule has 0 amide bonds. The lowest BCUT2D eigenvalue weighted by Crippen LogP contribution is -2.32. The molecule has 0 atom stereocenters. The van der Waals surface area contributed by atoms with Crippen LogP contribution in [0, 0.1) is 5.92 Å². The van der Waals surface area contributed by atoms with Crippen LogP contribution in [0.1, 0.15) is 46.5 Å². The van der Waals surface area contributed by atoms with Gasteiger partial charge in [0, 0.05) is 13.1 Å². The largest absolute Gasteiger partial charge is 0.370 e. The average molecular weight is 199 g/mol. The highest BCUT2D eigenvalue weighted by Gasteiger charge is 1.93. The van der Waals surface area contributed by atoms with E-state index in [-0.39, 0.29) is 0 Å². The minimum Gasteiger partial charge on any atom is -0.370 e. The lowest BCUT2D eigenvalue weighted by molar-refractivity contribution is 0.561. The van der Waals surface area contributed by atoms with Crippen LogP contribution in [0.4, 0.5) is 0 Å². The van der Waals surface area contributed by atoms with E-state index in [1.54, 1.807) is 0 Å². The number of hydrogen-bond acceptors (Lipinski definition) is 1. The highest BCUT2D eigenvalue weighted by Crippen LogP contribution is 2.02. The summed E-state index contributed by atoms with van der Waals surface area (Å²) in [5.74, 6) is 1.36. The number of hydrogen-bond donors (Lipinski definition) is 2. The number of nitrogens with two attached hydrogens (primary N) is 1. The van der Waals surface area contributed by atoms with E-state index >= 15 is 0 Å². The van der Waals surface area contributed by atoms with E-state index in [2.05, 4.69) is 31.1 Å². The van der Waals surface area contributed by atoms with Crippen molar-refractivity contribution in [2.75, 3.05) is 13.1 Å². The normalized spacial score (nSPS) is 12.1. The quantitative estimate of drug-likeness (QED) is 0.375. The molecular weight excluding hydrogens is 174 g/mol. The molecule has 0 heterocycles. The van der Waals surface area contributed by atoms with Gasteiger partial charge in [-0.15, -0.1) is 0 Å². The third kappa shape index (κ3) is 9.36. The van der Waals surface area contributed by atoms with Gasteiger partial charge in [0.15, 0.2) is 5.96 Å². The Morgan fingerprint density at radius 3 is 2.64 bits per heavy atom. The Bertz CT molecular complexity index is 153. The van der Waals surface area contributed by atoms with Gasteiger partial charge in [-0.25, -0.2) is 0 Å². The summed E-state index contributed by atoms with van der Waals surface area (Å²) in [5, 5.41) is 3.10. The zero-order valence-corrected chi connectivity index (χ0v) is 9.84. The summed E-state index contributed by atoms with van der Waals surface area (Å²) in [6.45, 7) is 8.41. The Morgan fingerprint density at radius 1 is 1.36 bits per heavy atom. The van der Waals surface area contributed by atoms with Crippen molar-refractivity contribution >= 4 is 5.96 Å². The topological polar surface area (TPSA) is 50.4 Å². The van der Waals surface area contributed by atoms with Crippen LogP contribution in [0.25, 0.3) is 0 Å². The first-order valence-corrected chi connectivity index (χ1v) is 5.70. The van der Waals surface area contributed by atoms with Gasteiger partial charge in [-0.05, 0) is 25.2 Å². The van der Waals surface area contributed by atoms with Crippen molar-refractivity contribution in [2.45, 2.75) is 46.5 Å². The molecule has 0 saturated heterocycles. The van der Waals surface area contributed by atoms with Gasteiger partial charge in [0.2, 0.25) is 0 Å². The number of aliphatic imine (C=N–C) groups is 1. The molecule has 0 saturated carbocycles. The summed E-state index contributed by atoms with van der Waals surface area (Å²) >= 11 is 0. The Kier molecular flexibility index (Phi) is 8.39. The second kappa shape index (κ2) is 8.85. The molecule has 0 aliphatic heterocycles. The van der Waals surface area contributed by atoms with Crippen LogP contribution in [-0.2, 0) is 0 Å². The number of nitrogens with one attached hydrogen (secondary N) is 1. The highest BCUT2D eigenvalue weighted by molar-refractivity contribution is 5.77. The average Bonchev–Trinajstić information content (AvgIpc) is 2.13. The molecule has 3 nitrogen and oxygen atoms in total. The molecule has 0 radical (unpaired) electrons. The molecule has 0 fully saturated rings. The van der Waals surface area contributed by atoms with E-state index in [4.69, 9.17) is 5.73 Å². The molecule has 0 aliphatic carbocycles. The van der Waals surface area contributed by atoms with Crippen LogP contribution in [0.3, 0.4) is 0 Å². The molecule has 84 valence electrons. The summed E-state index contributed by atoms with van der Waals surface area (Å²) < 4.78 is 0. The Hall–Kier alpha value is -0.730. The van der Waals surface area contributed by atoms with E-state index in [1.165, 1.54) is 12.8 Å². The predicted molar refractivity (Wildman–Crippen MR) is 63.5 cm³/mol. The summed E-state index contributed by atoms with van der Waals surface area (Å²) in [6, 6.07) is 0. The van der Waals surface area contributed by atoms with Crippen molar-refractivity contribution in [3.63, 3.8) is 0 Å². The highest BCUT2D eigenvalue weighted by atomic mass is 15.1. The molecule has 0 aliphatic rings. The summed E-state index contributed by atoms with van der Waals surface area (Å²) in [7, 11) is 0. The minimum absolute atomic E-state index is 0.599. The maximum atomic E-state index is 5.67. The standard InChI is InChI=1S/C11H25N3/c1-4-5-8-13-11(12)14-9-6-7-10(2)3/h10H,4-9H2,1-3H3,(H3,12,13,14). The fraction of sp³-hybridized carbons (Fsp3) is 0.909. The van der Waals surface area contributed by atoms with Crippen LogP contribution in [0.5, 0.6) is 0 Å². The third-order valence-corrected chi connectivity index (χ3v) is 2.06. The van der Waals surface area contributed by atoms with E-state index < -0.39 is 0 Å². The second-order valence-electron chi connectivity index (χ2n) is 4.08. The van der Waals surface area contributed by atoms with Gasteiger partial charge in [0.25, 0.3) is 0 Å². The number of unbranched alkanes of at least 4 members (excludes halogenated alkanes) is 1. The van der Waals surface area contributed by atoms with Crippen molar-refractivity contribution in [3.05, 3.63) is 0 Å². The van der Waals surface area contributed by atoms with Crippen molar-refractivity contribution in [2.24, 2.45) is 16.6 Å². The zero-order chi connectivity index (χ0) is 10.8. The number of guanidine groups is 1. The van der Waals surface area contributed by atoms with Gasteiger partial charge in [0.05, 0.1) is 0 Å². The Morgan fingerprint density at radius 2 is 2.07 bits per heavy atom. The molecule has 0 spiro atoms. The zero-order valence-electron chi connectivity index (χ0n) is 9.84. The predicted octanol–water partition coefficient (Wildman–Crippen LogP) is 2.13. The van der Waals surface area contributed by atoms with Crippen LogP contribution >= 0.6 is 0 Å². The summed E-state index contributed by atoms with van der Waals surface area (Å²) in [4.78, 5) is 4.25. The molecule has 0 unspecified atom stereocenters. The lowest BCUT2D eigenvalue weighted by Gasteiger charge is -2.05. The number of rotatable bonds is 7. The van der Waals surface area contributed by atoms with E-state index in [1.807, 2.05) is 0 Å². The molecule has 0 aromatic carbocycles. The molecule has 0 aromatic rings. The third-order valence-electron chi connectivity index (χ3n) is 2.06. The summed E-state index contributed by atoms with van der Waals surface area (Å²) in [5.41, 5.74) is 5.67. The van der Waals surface area contributed by atoms with Crippen LogP contribution in [0.15, 0.2) is 4.99 Å². The lowest BCUT2D eigenvalue weighted by atomic mass is 10.1. The van der Waals surface area contributed by atoms with E-state index in [9.17, 15) is 0 Å². The minimum atomic E-state index is 0.599. The second-order valence-corrected chi connectivity index (χ2v) is 4.08. The van der Waals surface area contributed by atoms with Gasteiger partial charge in [-0.2, -0.15) is 0 Å². The molecule has 0 rings (SSSR count). The van der Waals surface area contributed by atoms with Gasteiger partial charge in [-0.1, -0.05) is 27.2 Å². The van der Waals surface area contributed by atoms with Gasteiger partial charge >= 0.3 is 0 Å². The first kappa shape index (κ1) is 13.3. The Labute approximate surface area is 88.2 Å².